The Morgan fingerprint density at radius 3 is 2.95 bits per heavy atom. The van der Waals surface area contributed by atoms with Gasteiger partial charge in [-0.25, -0.2) is 4.98 Å². The molecule has 2 heterocycles. The molecule has 0 atom stereocenters. The standard InChI is InChI=1S/C13H21N5O/c1-3-6-14-7-4-5-8-18-10-15-12-11(13(18)19)9-16-17(12)2/h9-10,14H,3-8H2,1-2H3. The van der Waals surface area contributed by atoms with Gasteiger partial charge in [0.15, 0.2) is 5.65 Å². The van der Waals surface area contributed by atoms with E-state index in [1.165, 1.54) is 0 Å². The van der Waals surface area contributed by atoms with Gasteiger partial charge in [0.25, 0.3) is 5.56 Å². The van der Waals surface area contributed by atoms with Crippen LogP contribution in [0.2, 0.25) is 0 Å². The molecule has 0 aromatic carbocycles. The van der Waals surface area contributed by atoms with E-state index in [9.17, 15) is 4.79 Å². The van der Waals surface area contributed by atoms with Crippen molar-refractivity contribution in [2.75, 3.05) is 13.1 Å². The Bertz CT molecular complexity index is 586. The van der Waals surface area contributed by atoms with Crippen LogP contribution in [-0.4, -0.2) is 32.4 Å². The van der Waals surface area contributed by atoms with Crippen LogP contribution in [-0.2, 0) is 13.6 Å². The fraction of sp³-hybridized carbons (Fsp3) is 0.615. The van der Waals surface area contributed by atoms with E-state index in [0.29, 0.717) is 17.6 Å². The minimum absolute atomic E-state index is 0.000354. The van der Waals surface area contributed by atoms with E-state index in [4.69, 9.17) is 0 Å². The maximum Gasteiger partial charge on any atom is 0.264 e. The van der Waals surface area contributed by atoms with E-state index in [-0.39, 0.29) is 5.56 Å². The van der Waals surface area contributed by atoms with Gasteiger partial charge in [-0.05, 0) is 32.4 Å². The van der Waals surface area contributed by atoms with Gasteiger partial charge in [0, 0.05) is 13.6 Å². The molecule has 0 spiro atoms. The van der Waals surface area contributed by atoms with Gasteiger partial charge in [0.2, 0.25) is 0 Å². The second-order valence-corrected chi connectivity index (χ2v) is 4.71. The van der Waals surface area contributed by atoms with Crippen LogP contribution in [0.1, 0.15) is 26.2 Å². The van der Waals surface area contributed by atoms with Gasteiger partial charge >= 0.3 is 0 Å². The van der Waals surface area contributed by atoms with Crippen LogP contribution in [0.25, 0.3) is 11.0 Å². The van der Waals surface area contributed by atoms with Gasteiger partial charge < -0.3 is 5.32 Å². The minimum atomic E-state index is -0.000354. The molecule has 1 N–H and O–H groups in total. The number of fused-ring (bicyclic) bond motifs is 1. The summed E-state index contributed by atoms with van der Waals surface area (Å²) in [4.78, 5) is 16.4. The van der Waals surface area contributed by atoms with Crippen LogP contribution < -0.4 is 10.9 Å². The Balaban J connectivity index is 1.94. The van der Waals surface area contributed by atoms with Gasteiger partial charge in [0.05, 0.1) is 12.5 Å². The lowest BCUT2D eigenvalue weighted by molar-refractivity contribution is 0.555. The predicted molar refractivity (Wildman–Crippen MR) is 75.2 cm³/mol. The normalized spacial score (nSPS) is 11.3. The van der Waals surface area contributed by atoms with Gasteiger partial charge in [-0.15, -0.1) is 0 Å². The van der Waals surface area contributed by atoms with Crippen molar-refractivity contribution in [3.05, 3.63) is 22.9 Å². The Morgan fingerprint density at radius 2 is 2.16 bits per heavy atom. The largest absolute Gasteiger partial charge is 0.317 e. The first kappa shape index (κ1) is 13.7. The van der Waals surface area contributed by atoms with E-state index in [1.807, 2.05) is 0 Å². The molecule has 2 aromatic rings. The number of nitrogens with zero attached hydrogens (tertiary/aromatic N) is 4. The summed E-state index contributed by atoms with van der Waals surface area (Å²) >= 11 is 0. The summed E-state index contributed by atoms with van der Waals surface area (Å²) in [5.74, 6) is 0. The molecule has 0 aliphatic carbocycles. The van der Waals surface area contributed by atoms with Crippen molar-refractivity contribution in [1.82, 2.24) is 24.6 Å². The van der Waals surface area contributed by atoms with E-state index in [1.54, 1.807) is 28.8 Å². The van der Waals surface area contributed by atoms with Crippen molar-refractivity contribution < 1.29 is 0 Å². The smallest absolute Gasteiger partial charge is 0.264 e. The summed E-state index contributed by atoms with van der Waals surface area (Å²) in [6.45, 7) is 4.93. The van der Waals surface area contributed by atoms with Crippen LogP contribution in [0.4, 0.5) is 0 Å². The SMILES string of the molecule is CCCNCCCCn1cnc2c(cnn2C)c1=O. The quantitative estimate of drug-likeness (QED) is 0.754. The molecule has 0 saturated heterocycles. The van der Waals surface area contributed by atoms with Crippen LogP contribution in [0.5, 0.6) is 0 Å². The van der Waals surface area contributed by atoms with Crippen LogP contribution in [0.15, 0.2) is 17.3 Å². The predicted octanol–water partition coefficient (Wildman–Crippen LogP) is 0.910. The highest BCUT2D eigenvalue weighted by molar-refractivity contribution is 5.72. The van der Waals surface area contributed by atoms with Crippen molar-refractivity contribution in [1.29, 1.82) is 0 Å². The summed E-state index contributed by atoms with van der Waals surface area (Å²) < 4.78 is 3.29. The lowest BCUT2D eigenvalue weighted by Gasteiger charge is -2.06. The lowest BCUT2D eigenvalue weighted by atomic mass is 10.3. The number of hydrogen-bond donors (Lipinski definition) is 1. The topological polar surface area (TPSA) is 64.7 Å². The zero-order valence-corrected chi connectivity index (χ0v) is 11.6. The van der Waals surface area contributed by atoms with Gasteiger partial charge in [0.1, 0.15) is 5.39 Å². The highest BCUT2D eigenvalue weighted by atomic mass is 16.1. The Kier molecular flexibility index (Phi) is 4.68. The van der Waals surface area contributed by atoms with Crippen molar-refractivity contribution in [3.63, 3.8) is 0 Å². The average molecular weight is 263 g/mol. The number of unbranched alkanes of at least 4 members (excludes halogenated alkanes) is 1. The lowest BCUT2D eigenvalue weighted by Crippen LogP contribution is -2.21. The van der Waals surface area contributed by atoms with E-state index >= 15 is 0 Å². The Hall–Kier alpha value is -1.69. The molecule has 0 saturated carbocycles. The molecule has 0 unspecified atom stereocenters. The number of nitrogens with one attached hydrogen (secondary N) is 1. The van der Waals surface area contributed by atoms with Crippen LogP contribution in [0.3, 0.4) is 0 Å². The summed E-state index contributed by atoms with van der Waals surface area (Å²) in [6, 6.07) is 0. The highest BCUT2D eigenvalue weighted by Crippen LogP contribution is 2.03. The van der Waals surface area contributed by atoms with E-state index in [2.05, 4.69) is 22.3 Å². The third kappa shape index (κ3) is 3.20. The minimum Gasteiger partial charge on any atom is -0.317 e. The molecule has 0 aliphatic heterocycles. The van der Waals surface area contributed by atoms with Crippen molar-refractivity contribution in [2.45, 2.75) is 32.7 Å². The molecule has 0 amide bonds. The fourth-order valence-corrected chi connectivity index (χ4v) is 2.06. The highest BCUT2D eigenvalue weighted by Gasteiger charge is 2.07. The van der Waals surface area contributed by atoms with E-state index in [0.717, 1.165) is 32.4 Å². The molecule has 0 bridgehead atoms. The summed E-state index contributed by atoms with van der Waals surface area (Å²) in [6.07, 6.45) is 6.40. The molecule has 104 valence electrons. The van der Waals surface area contributed by atoms with Crippen LogP contribution in [0, 0.1) is 0 Å². The first-order chi connectivity index (χ1) is 9.24. The van der Waals surface area contributed by atoms with Gasteiger partial charge in [-0.1, -0.05) is 6.92 Å². The fourth-order valence-electron chi connectivity index (χ4n) is 2.06. The third-order valence-electron chi connectivity index (χ3n) is 3.15. The van der Waals surface area contributed by atoms with Crippen molar-refractivity contribution in [3.8, 4) is 0 Å². The maximum atomic E-state index is 12.2. The summed E-state index contributed by atoms with van der Waals surface area (Å²) in [5, 5.41) is 8.00. The average Bonchev–Trinajstić information content (AvgIpc) is 2.78. The summed E-state index contributed by atoms with van der Waals surface area (Å²) in [5.41, 5.74) is 0.644. The molecule has 2 rings (SSSR count). The van der Waals surface area contributed by atoms with Crippen molar-refractivity contribution in [2.24, 2.45) is 7.05 Å². The zero-order chi connectivity index (χ0) is 13.7. The molecule has 6 nitrogen and oxygen atoms in total. The molecule has 6 heteroatoms. The number of aryl methyl sites for hydroxylation is 2. The maximum absolute atomic E-state index is 12.2. The molecule has 0 fully saturated rings. The molecule has 2 aromatic heterocycles. The van der Waals surface area contributed by atoms with Gasteiger partial charge in [-0.2, -0.15) is 5.10 Å². The number of hydrogen-bond acceptors (Lipinski definition) is 4. The number of aromatic nitrogens is 4. The number of rotatable bonds is 7. The first-order valence-electron chi connectivity index (χ1n) is 6.82. The Labute approximate surface area is 112 Å². The Morgan fingerprint density at radius 1 is 1.32 bits per heavy atom. The second-order valence-electron chi connectivity index (χ2n) is 4.71. The van der Waals surface area contributed by atoms with Crippen LogP contribution >= 0.6 is 0 Å². The molecular weight excluding hydrogens is 242 g/mol. The zero-order valence-electron chi connectivity index (χ0n) is 11.6. The molecular formula is C13H21N5O. The van der Waals surface area contributed by atoms with E-state index < -0.39 is 0 Å². The monoisotopic (exact) mass is 263 g/mol. The molecule has 0 aliphatic rings. The second kappa shape index (κ2) is 6.47. The van der Waals surface area contributed by atoms with Gasteiger partial charge in [-0.3, -0.25) is 14.0 Å². The first-order valence-corrected chi connectivity index (χ1v) is 6.82. The molecule has 19 heavy (non-hydrogen) atoms. The molecule has 0 radical (unpaired) electrons. The summed E-state index contributed by atoms with van der Waals surface area (Å²) in [7, 11) is 1.79. The third-order valence-corrected chi connectivity index (χ3v) is 3.15. The van der Waals surface area contributed by atoms with Crippen molar-refractivity contribution >= 4 is 11.0 Å².